The number of halogens is 6. The Labute approximate surface area is 260 Å². The fourth-order valence-corrected chi connectivity index (χ4v) is 5.74. The van der Waals surface area contributed by atoms with Gasteiger partial charge in [0, 0.05) is 13.0 Å². The zero-order chi connectivity index (χ0) is 34.9. The van der Waals surface area contributed by atoms with Crippen molar-refractivity contribution in [3.63, 3.8) is 0 Å². The molecule has 0 unspecified atom stereocenters. The average molecular weight is 697 g/mol. The lowest BCUT2D eigenvalue weighted by atomic mass is 10.0. The molecular formula is C23H26F6N12O7. The quantitative estimate of drug-likeness (QED) is 0.0691. The summed E-state index contributed by atoms with van der Waals surface area (Å²) in [4.78, 5) is 44.0. The van der Waals surface area contributed by atoms with E-state index in [1.54, 1.807) is 0 Å². The van der Waals surface area contributed by atoms with Crippen LogP contribution < -0.4 is 33.2 Å². The molecule has 25 heteroatoms. The van der Waals surface area contributed by atoms with Gasteiger partial charge in [-0.2, -0.15) is 36.3 Å². The van der Waals surface area contributed by atoms with Gasteiger partial charge in [0.1, 0.15) is 18.4 Å². The normalized spacial score (nSPS) is 27.1. The van der Waals surface area contributed by atoms with Crippen molar-refractivity contribution >= 4 is 34.2 Å². The highest BCUT2D eigenvalue weighted by molar-refractivity contribution is 5.71. The van der Waals surface area contributed by atoms with Gasteiger partial charge in [-0.15, -0.1) is 0 Å². The molecule has 11 N–H and O–H groups in total. The lowest BCUT2D eigenvalue weighted by Gasteiger charge is -2.42. The minimum atomic E-state index is -6.17. The molecule has 2 fully saturated rings. The first-order chi connectivity index (χ1) is 22.5. The highest BCUT2D eigenvalue weighted by atomic mass is 19.4. The van der Waals surface area contributed by atoms with Gasteiger partial charge in [0.2, 0.25) is 11.9 Å². The minimum absolute atomic E-state index is 0.114. The van der Waals surface area contributed by atoms with E-state index in [9.17, 15) is 51.3 Å². The predicted octanol–water partition coefficient (Wildman–Crippen LogP) is -2.32. The number of hydrogen-bond donors (Lipinski definition) is 9. The van der Waals surface area contributed by atoms with Crippen molar-refractivity contribution in [2.45, 2.75) is 67.3 Å². The summed E-state index contributed by atoms with van der Waals surface area (Å²) in [6.07, 6.45) is -21.1. The number of aromatic nitrogens is 8. The first-order valence-corrected chi connectivity index (χ1v) is 13.8. The molecule has 6 heterocycles. The van der Waals surface area contributed by atoms with Crippen molar-refractivity contribution in [1.29, 1.82) is 0 Å². The Morgan fingerprint density at radius 1 is 0.896 bits per heavy atom. The molecular weight excluding hydrogens is 670 g/mol. The Morgan fingerprint density at radius 2 is 1.44 bits per heavy atom. The number of anilines is 2. The van der Waals surface area contributed by atoms with Crippen LogP contribution in [0.1, 0.15) is 18.9 Å². The number of aliphatic hydroxyl groups excluding tert-OH is 3. The van der Waals surface area contributed by atoms with E-state index in [1.165, 1.54) is 10.6 Å². The zero-order valence-electron chi connectivity index (χ0n) is 23.9. The molecule has 0 spiro atoms. The number of nitrogen functional groups attached to an aromatic ring is 2. The molecule has 0 aliphatic carbocycles. The van der Waals surface area contributed by atoms with Crippen LogP contribution in [0.3, 0.4) is 0 Å². The number of rotatable bonds is 8. The third kappa shape index (κ3) is 5.41. The third-order valence-corrected chi connectivity index (χ3v) is 8.05. The smallest absolute Gasteiger partial charge is 0.394 e. The van der Waals surface area contributed by atoms with E-state index in [4.69, 9.17) is 20.9 Å². The molecule has 4 aromatic heterocycles. The maximum atomic E-state index is 14.6. The van der Waals surface area contributed by atoms with E-state index >= 15 is 0 Å². The summed E-state index contributed by atoms with van der Waals surface area (Å²) in [7, 11) is 0. The second-order valence-corrected chi connectivity index (χ2v) is 11.0. The molecule has 262 valence electrons. The van der Waals surface area contributed by atoms with Crippen LogP contribution in [0.15, 0.2) is 22.2 Å². The van der Waals surface area contributed by atoms with Crippen molar-refractivity contribution in [2.75, 3.05) is 24.6 Å². The number of aromatic amines is 2. The Bertz CT molecular complexity index is 1930. The van der Waals surface area contributed by atoms with E-state index < -0.39 is 91.1 Å². The molecule has 6 rings (SSSR count). The molecule has 0 bridgehead atoms. The first kappa shape index (κ1) is 33.5. The molecule has 7 atom stereocenters. The number of fused-ring (bicyclic) bond motifs is 2. The van der Waals surface area contributed by atoms with Gasteiger partial charge in [0.15, 0.2) is 28.6 Å². The molecule has 0 radical (unpaired) electrons. The van der Waals surface area contributed by atoms with E-state index in [-0.39, 0.29) is 34.7 Å². The first-order valence-electron chi connectivity index (χ1n) is 13.8. The Hall–Kier alpha value is -4.40. The molecule has 2 saturated heterocycles. The fraction of sp³-hybridized carbons (Fsp3) is 0.565. The minimum Gasteiger partial charge on any atom is -0.394 e. The molecule has 2 aliphatic heterocycles. The molecule has 2 aliphatic rings. The summed E-state index contributed by atoms with van der Waals surface area (Å²) in [6.45, 7) is -2.42. The molecule has 0 amide bonds. The van der Waals surface area contributed by atoms with Gasteiger partial charge >= 0.3 is 12.4 Å². The standard InChI is InChI=1S/C23H26F6N12O7/c24-22(25,26)21(23(27,28)29,34-2-7-6(43)1-9(47-7)40-4-32-11-14(40)35-19(30)37-16(11)45)39-10-8(3-42)48-18(13(10)44)41-5-33-12-15(41)36-20(31)38-17(12)46/h4-10,13,18,34,39,42-44H,1-3H2,(H3,30,35,37,45)(H3,31,36,38,46)/t6-,7+,8+,9+,10+,13+,18+/m0/s1. The third-order valence-electron chi connectivity index (χ3n) is 8.05. The summed E-state index contributed by atoms with van der Waals surface area (Å²) in [6, 6.07) is -2.26. The van der Waals surface area contributed by atoms with Crippen molar-refractivity contribution in [1.82, 2.24) is 49.7 Å². The Morgan fingerprint density at radius 3 is 1.98 bits per heavy atom. The lowest BCUT2D eigenvalue weighted by Crippen LogP contribution is -2.78. The van der Waals surface area contributed by atoms with Crippen LogP contribution in [0.5, 0.6) is 0 Å². The molecule has 0 aromatic carbocycles. The van der Waals surface area contributed by atoms with Crippen LogP contribution in [0, 0.1) is 0 Å². The summed E-state index contributed by atoms with van der Waals surface area (Å²) in [5.41, 5.74) is 3.61. The van der Waals surface area contributed by atoms with E-state index in [1.807, 2.05) is 0 Å². The van der Waals surface area contributed by atoms with Crippen LogP contribution in [-0.4, -0.2) is 116 Å². The van der Waals surface area contributed by atoms with Gasteiger partial charge in [-0.3, -0.25) is 39.3 Å². The number of alkyl halides is 6. The number of H-pyrrole nitrogens is 2. The SMILES string of the molecule is Nc1nc2c(ncn2[C@@H]2O[C@H](CO)[C@@H](NC(NC[C@H]3O[C@@H](n4cnc5c(=O)[nH]c(N)nc54)C[C@@H]3O)(C(F)(F)F)C(F)(F)F)[C@H]2O)c(=O)[nH]1. The summed E-state index contributed by atoms with van der Waals surface area (Å²) < 4.78 is 101. The van der Waals surface area contributed by atoms with Crippen molar-refractivity contribution < 1.29 is 51.1 Å². The largest absolute Gasteiger partial charge is 0.429 e. The van der Waals surface area contributed by atoms with Gasteiger partial charge < -0.3 is 36.3 Å². The molecule has 48 heavy (non-hydrogen) atoms. The lowest BCUT2D eigenvalue weighted by molar-refractivity contribution is -0.322. The fourth-order valence-electron chi connectivity index (χ4n) is 5.74. The Balaban J connectivity index is 1.28. The molecule has 19 nitrogen and oxygen atoms in total. The van der Waals surface area contributed by atoms with Gasteiger partial charge in [-0.1, -0.05) is 0 Å². The second kappa shape index (κ2) is 11.6. The topological polar surface area (TPSA) is 282 Å². The van der Waals surface area contributed by atoms with Crippen LogP contribution in [0.2, 0.25) is 0 Å². The number of nitrogens with two attached hydrogens (primary N) is 2. The zero-order valence-corrected chi connectivity index (χ0v) is 23.9. The monoisotopic (exact) mass is 696 g/mol. The number of hydrogen-bond acceptors (Lipinski definition) is 15. The number of aliphatic hydroxyl groups is 3. The van der Waals surface area contributed by atoms with Gasteiger partial charge in [-0.05, 0) is 0 Å². The van der Waals surface area contributed by atoms with E-state index in [0.29, 0.717) is 0 Å². The van der Waals surface area contributed by atoms with Gasteiger partial charge in [0.05, 0.1) is 37.5 Å². The number of nitrogens with one attached hydrogen (secondary N) is 4. The number of ether oxygens (including phenoxy) is 2. The summed E-state index contributed by atoms with van der Waals surface area (Å²) in [5, 5.41) is 34.3. The highest BCUT2D eigenvalue weighted by Gasteiger charge is 2.73. The van der Waals surface area contributed by atoms with E-state index in [0.717, 1.165) is 21.8 Å². The summed E-state index contributed by atoms with van der Waals surface area (Å²) in [5.74, 6) is -0.727. The van der Waals surface area contributed by atoms with Crippen molar-refractivity contribution in [3.8, 4) is 0 Å². The summed E-state index contributed by atoms with van der Waals surface area (Å²) >= 11 is 0. The van der Waals surface area contributed by atoms with Crippen LogP contribution in [0.4, 0.5) is 38.2 Å². The van der Waals surface area contributed by atoms with Crippen molar-refractivity contribution in [2.24, 2.45) is 0 Å². The maximum absolute atomic E-state index is 14.6. The van der Waals surface area contributed by atoms with Gasteiger partial charge in [0.25, 0.3) is 16.8 Å². The number of nitrogens with zero attached hydrogens (tertiary/aromatic N) is 6. The number of imidazole rings is 2. The predicted molar refractivity (Wildman–Crippen MR) is 146 cm³/mol. The second-order valence-electron chi connectivity index (χ2n) is 11.0. The molecule has 0 saturated carbocycles. The van der Waals surface area contributed by atoms with Gasteiger partial charge in [-0.25, -0.2) is 9.97 Å². The van der Waals surface area contributed by atoms with Crippen LogP contribution in [0.25, 0.3) is 22.3 Å². The van der Waals surface area contributed by atoms with Crippen molar-refractivity contribution in [3.05, 3.63) is 33.4 Å². The van der Waals surface area contributed by atoms with Crippen LogP contribution >= 0.6 is 0 Å². The van der Waals surface area contributed by atoms with Crippen LogP contribution in [-0.2, 0) is 9.47 Å². The van der Waals surface area contributed by atoms with E-state index in [2.05, 4.69) is 29.9 Å². The highest BCUT2D eigenvalue weighted by Crippen LogP contribution is 2.44. The average Bonchev–Trinajstić information content (AvgIpc) is 3.74. The molecule has 4 aromatic rings. The Kier molecular flexibility index (Phi) is 8.12. The maximum Gasteiger partial charge on any atom is 0.429 e.